The average Bonchev–Trinajstić information content (AvgIpc) is 2.59. The lowest BCUT2D eigenvalue weighted by molar-refractivity contribution is 0.00578. The van der Waals surface area contributed by atoms with Crippen LogP contribution in [0.3, 0.4) is 0 Å². The number of hydrogen-bond acceptors (Lipinski definition) is 4. The summed E-state index contributed by atoms with van der Waals surface area (Å²) in [6.45, 7) is 11.6. The zero-order valence-corrected chi connectivity index (χ0v) is 12.5. The molecule has 0 unspecified atom stereocenters. The molecule has 1 saturated heterocycles. The van der Waals surface area contributed by atoms with Gasteiger partial charge in [-0.2, -0.15) is 0 Å². The van der Waals surface area contributed by atoms with Gasteiger partial charge in [0, 0.05) is 7.63 Å². The molecule has 1 aliphatic heterocycles. The van der Waals surface area contributed by atoms with Crippen molar-refractivity contribution in [1.29, 1.82) is 0 Å². The Kier molecular flexibility index (Phi) is 3.76. The van der Waals surface area contributed by atoms with Gasteiger partial charge in [-0.15, -0.1) is 0 Å². The fourth-order valence-corrected chi connectivity index (χ4v) is 1.98. The van der Waals surface area contributed by atoms with Gasteiger partial charge in [-0.3, -0.25) is 4.99 Å². The number of rotatable bonds is 3. The van der Waals surface area contributed by atoms with Crippen molar-refractivity contribution in [1.82, 2.24) is 0 Å². The average molecular weight is 274 g/mol. The van der Waals surface area contributed by atoms with E-state index in [-0.39, 0.29) is 19.7 Å². The van der Waals surface area contributed by atoms with Gasteiger partial charge in [-0.25, -0.2) is 0 Å². The van der Waals surface area contributed by atoms with Gasteiger partial charge in [-0.1, -0.05) is 24.3 Å². The van der Waals surface area contributed by atoms with Crippen LogP contribution in [-0.4, -0.2) is 25.0 Å². The van der Waals surface area contributed by atoms with Gasteiger partial charge in [0.05, 0.1) is 16.9 Å². The van der Waals surface area contributed by atoms with Crippen molar-refractivity contribution in [2.24, 2.45) is 10.7 Å². The van der Waals surface area contributed by atoms with Gasteiger partial charge in [0.2, 0.25) is 0 Å². The summed E-state index contributed by atoms with van der Waals surface area (Å²) >= 11 is 0. The Morgan fingerprint density at radius 1 is 1.20 bits per heavy atom. The molecule has 2 rings (SSSR count). The summed E-state index contributed by atoms with van der Waals surface area (Å²) in [6.07, 6.45) is 1.53. The molecular formula is C15H23BN2O2. The van der Waals surface area contributed by atoms with E-state index in [1.807, 2.05) is 52.0 Å². The van der Waals surface area contributed by atoms with Crippen LogP contribution in [0.1, 0.15) is 34.7 Å². The first-order valence-corrected chi connectivity index (χ1v) is 6.64. The molecule has 1 aromatic carbocycles. The minimum Gasteiger partial charge on any atom is -0.399 e. The SMILES string of the molecule is C=N/C=C(\N)c1ccc(B2OC(C)(C)C(C)(C)O2)cc1.[HH]. The van der Waals surface area contributed by atoms with Crippen LogP contribution in [0.5, 0.6) is 0 Å². The summed E-state index contributed by atoms with van der Waals surface area (Å²) in [5.74, 6) is 0. The quantitative estimate of drug-likeness (QED) is 0.679. The van der Waals surface area contributed by atoms with E-state index >= 15 is 0 Å². The number of aliphatic imine (C=N–C) groups is 1. The van der Waals surface area contributed by atoms with E-state index in [1.165, 1.54) is 6.20 Å². The Bertz CT molecular complexity index is 525. The molecule has 0 radical (unpaired) electrons. The van der Waals surface area contributed by atoms with E-state index in [4.69, 9.17) is 15.0 Å². The van der Waals surface area contributed by atoms with E-state index < -0.39 is 0 Å². The summed E-state index contributed by atoms with van der Waals surface area (Å²) in [5, 5.41) is 0. The molecule has 0 saturated carbocycles. The Morgan fingerprint density at radius 3 is 2.15 bits per heavy atom. The Hall–Kier alpha value is -1.59. The van der Waals surface area contributed by atoms with E-state index in [9.17, 15) is 0 Å². The zero-order chi connectivity index (χ0) is 15.0. The topological polar surface area (TPSA) is 56.8 Å². The van der Waals surface area contributed by atoms with Gasteiger partial charge in [0.15, 0.2) is 0 Å². The molecule has 0 bridgehead atoms. The van der Waals surface area contributed by atoms with Gasteiger partial charge in [-0.05, 0) is 45.4 Å². The van der Waals surface area contributed by atoms with E-state index in [0.717, 1.165) is 11.0 Å². The van der Waals surface area contributed by atoms with Crippen LogP contribution < -0.4 is 11.2 Å². The van der Waals surface area contributed by atoms with Crippen molar-refractivity contribution in [3.8, 4) is 0 Å². The van der Waals surface area contributed by atoms with Crippen LogP contribution in [0, 0.1) is 0 Å². The fraction of sp³-hybridized carbons (Fsp3) is 0.400. The van der Waals surface area contributed by atoms with Crippen molar-refractivity contribution in [3.63, 3.8) is 0 Å². The van der Waals surface area contributed by atoms with Crippen LogP contribution in [0.4, 0.5) is 0 Å². The Labute approximate surface area is 122 Å². The van der Waals surface area contributed by atoms with Crippen molar-refractivity contribution in [2.45, 2.75) is 38.9 Å². The molecular weight excluding hydrogens is 251 g/mol. The Morgan fingerprint density at radius 2 is 1.70 bits per heavy atom. The first-order chi connectivity index (χ1) is 9.27. The van der Waals surface area contributed by atoms with Crippen LogP contribution in [0.2, 0.25) is 0 Å². The molecule has 4 nitrogen and oxygen atoms in total. The molecule has 20 heavy (non-hydrogen) atoms. The second-order valence-corrected chi connectivity index (χ2v) is 5.98. The number of nitrogens with zero attached hydrogens (tertiary/aromatic N) is 1. The standard InChI is InChI=1S/C15H21BN2O2.H2/c1-14(2)15(3,4)20-16(19-14)12-8-6-11(7-9-12)13(17)10-18-5;/h6-10H,5,17H2,1-4H3;1H/b13-10-;. The summed E-state index contributed by atoms with van der Waals surface area (Å²) in [6, 6.07) is 7.78. The lowest BCUT2D eigenvalue weighted by atomic mass is 9.79. The maximum absolute atomic E-state index is 6.00. The lowest BCUT2D eigenvalue weighted by Crippen LogP contribution is -2.41. The smallest absolute Gasteiger partial charge is 0.399 e. The molecule has 0 aliphatic carbocycles. The third-order valence-electron chi connectivity index (χ3n) is 4.00. The van der Waals surface area contributed by atoms with Crippen LogP contribution in [0.25, 0.3) is 5.70 Å². The van der Waals surface area contributed by atoms with Crippen LogP contribution in [0.15, 0.2) is 35.5 Å². The molecule has 2 N–H and O–H groups in total. The summed E-state index contributed by atoms with van der Waals surface area (Å²) < 4.78 is 12.0. The van der Waals surface area contributed by atoms with Crippen molar-refractivity contribution >= 4 is 25.0 Å². The van der Waals surface area contributed by atoms with Gasteiger partial charge >= 0.3 is 7.12 Å². The predicted octanol–water partition coefficient (Wildman–Crippen LogP) is 2.19. The third kappa shape index (κ3) is 2.64. The highest BCUT2D eigenvalue weighted by Gasteiger charge is 2.51. The highest BCUT2D eigenvalue weighted by molar-refractivity contribution is 6.62. The van der Waals surface area contributed by atoms with Crippen molar-refractivity contribution in [2.75, 3.05) is 0 Å². The molecule has 1 fully saturated rings. The maximum Gasteiger partial charge on any atom is 0.494 e. The first kappa shape index (κ1) is 14.8. The third-order valence-corrected chi connectivity index (χ3v) is 4.00. The maximum atomic E-state index is 6.00. The van der Waals surface area contributed by atoms with Gasteiger partial charge in [0.1, 0.15) is 0 Å². The van der Waals surface area contributed by atoms with E-state index in [2.05, 4.69) is 11.7 Å². The molecule has 108 valence electrons. The summed E-state index contributed by atoms with van der Waals surface area (Å²) in [4.78, 5) is 3.66. The molecule has 0 aromatic heterocycles. The van der Waals surface area contributed by atoms with Crippen molar-refractivity contribution in [3.05, 3.63) is 36.0 Å². The second-order valence-electron chi connectivity index (χ2n) is 5.98. The number of nitrogens with two attached hydrogens (primary N) is 1. The fourth-order valence-electron chi connectivity index (χ4n) is 1.98. The van der Waals surface area contributed by atoms with Gasteiger partial charge in [0.25, 0.3) is 0 Å². The molecule has 0 atom stereocenters. The highest BCUT2D eigenvalue weighted by Crippen LogP contribution is 2.36. The first-order valence-electron chi connectivity index (χ1n) is 6.64. The van der Waals surface area contributed by atoms with E-state index in [0.29, 0.717) is 5.70 Å². The lowest BCUT2D eigenvalue weighted by Gasteiger charge is -2.32. The monoisotopic (exact) mass is 274 g/mol. The number of hydrogen-bond donors (Lipinski definition) is 1. The molecule has 1 aromatic rings. The molecule has 1 heterocycles. The molecule has 1 aliphatic rings. The number of benzene rings is 1. The predicted molar refractivity (Wildman–Crippen MR) is 86.0 cm³/mol. The summed E-state index contributed by atoms with van der Waals surface area (Å²) in [7, 11) is -0.350. The minimum atomic E-state index is -0.350. The molecule has 5 heteroatoms. The van der Waals surface area contributed by atoms with Crippen LogP contribution >= 0.6 is 0 Å². The summed E-state index contributed by atoms with van der Waals surface area (Å²) in [5.41, 5.74) is 7.66. The zero-order valence-electron chi connectivity index (χ0n) is 12.5. The highest BCUT2D eigenvalue weighted by atomic mass is 16.7. The van der Waals surface area contributed by atoms with Crippen molar-refractivity contribution < 1.29 is 10.7 Å². The van der Waals surface area contributed by atoms with Crippen LogP contribution in [-0.2, 0) is 9.31 Å². The normalized spacial score (nSPS) is 21.0. The van der Waals surface area contributed by atoms with E-state index in [1.54, 1.807) is 0 Å². The van der Waals surface area contributed by atoms with Gasteiger partial charge < -0.3 is 15.0 Å². The largest absolute Gasteiger partial charge is 0.494 e. The second kappa shape index (κ2) is 5.07. The minimum absolute atomic E-state index is 0. The molecule has 0 amide bonds. The Balaban J connectivity index is 0.00000220. The molecule has 0 spiro atoms.